The van der Waals surface area contributed by atoms with Gasteiger partial charge in [-0.25, -0.2) is 0 Å². The van der Waals surface area contributed by atoms with Crippen molar-refractivity contribution in [1.82, 2.24) is 10.6 Å². The second-order valence-corrected chi connectivity index (χ2v) is 4.32. The van der Waals surface area contributed by atoms with Gasteiger partial charge in [0.05, 0.1) is 0 Å². The summed E-state index contributed by atoms with van der Waals surface area (Å²) >= 11 is 10.9. The SMILES string of the molecule is C=CC(C)NC(=S)NCc1ccc(Cl)cc1. The van der Waals surface area contributed by atoms with Gasteiger partial charge >= 0.3 is 0 Å². The van der Waals surface area contributed by atoms with E-state index in [-0.39, 0.29) is 6.04 Å². The van der Waals surface area contributed by atoms with Crippen LogP contribution in [0, 0.1) is 0 Å². The zero-order chi connectivity index (χ0) is 12.0. The Bertz CT molecular complexity index is 362. The van der Waals surface area contributed by atoms with Gasteiger partial charge < -0.3 is 10.6 Å². The average Bonchev–Trinajstić information content (AvgIpc) is 2.28. The molecule has 0 bridgehead atoms. The normalized spacial score (nSPS) is 11.6. The van der Waals surface area contributed by atoms with E-state index in [0.29, 0.717) is 11.7 Å². The minimum absolute atomic E-state index is 0.171. The molecule has 16 heavy (non-hydrogen) atoms. The van der Waals surface area contributed by atoms with Crippen LogP contribution in [0.4, 0.5) is 0 Å². The first-order chi connectivity index (χ1) is 7.61. The summed E-state index contributed by atoms with van der Waals surface area (Å²) in [7, 11) is 0. The molecule has 0 saturated heterocycles. The van der Waals surface area contributed by atoms with Gasteiger partial charge in [-0.3, -0.25) is 0 Å². The molecule has 0 spiro atoms. The maximum atomic E-state index is 5.79. The summed E-state index contributed by atoms with van der Waals surface area (Å²) < 4.78 is 0. The molecule has 0 heterocycles. The standard InChI is InChI=1S/C12H15ClN2S/c1-3-9(2)15-12(16)14-8-10-4-6-11(13)7-5-10/h3-7,9H,1,8H2,2H3,(H2,14,15,16). The van der Waals surface area contributed by atoms with Gasteiger partial charge in [0.25, 0.3) is 0 Å². The van der Waals surface area contributed by atoms with E-state index in [4.69, 9.17) is 23.8 Å². The highest BCUT2D eigenvalue weighted by Crippen LogP contribution is 2.08. The first-order valence-corrected chi connectivity index (χ1v) is 5.82. The number of halogens is 1. The van der Waals surface area contributed by atoms with Crippen LogP contribution < -0.4 is 10.6 Å². The van der Waals surface area contributed by atoms with Crippen molar-refractivity contribution in [2.45, 2.75) is 19.5 Å². The molecular weight excluding hydrogens is 240 g/mol. The fourth-order valence-electron chi connectivity index (χ4n) is 1.10. The third-order valence-electron chi connectivity index (χ3n) is 2.08. The summed E-state index contributed by atoms with van der Waals surface area (Å²) in [5, 5.41) is 7.57. The van der Waals surface area contributed by atoms with Gasteiger partial charge in [0.1, 0.15) is 0 Å². The minimum Gasteiger partial charge on any atom is -0.359 e. The van der Waals surface area contributed by atoms with Crippen LogP contribution in [0.15, 0.2) is 36.9 Å². The highest BCUT2D eigenvalue weighted by atomic mass is 35.5. The van der Waals surface area contributed by atoms with Crippen molar-refractivity contribution < 1.29 is 0 Å². The zero-order valence-electron chi connectivity index (χ0n) is 9.16. The Hall–Kier alpha value is -1.06. The molecule has 0 aliphatic carbocycles. The van der Waals surface area contributed by atoms with Crippen LogP contribution in [0.1, 0.15) is 12.5 Å². The largest absolute Gasteiger partial charge is 0.359 e. The molecule has 0 saturated carbocycles. The quantitative estimate of drug-likeness (QED) is 0.638. The van der Waals surface area contributed by atoms with Crippen molar-refractivity contribution in [2.24, 2.45) is 0 Å². The second-order valence-electron chi connectivity index (χ2n) is 3.48. The van der Waals surface area contributed by atoms with Crippen molar-refractivity contribution >= 4 is 28.9 Å². The van der Waals surface area contributed by atoms with E-state index in [0.717, 1.165) is 10.6 Å². The average molecular weight is 255 g/mol. The third kappa shape index (κ3) is 4.64. The molecule has 2 N–H and O–H groups in total. The summed E-state index contributed by atoms with van der Waals surface area (Å²) in [5.74, 6) is 0. The van der Waals surface area contributed by atoms with Crippen LogP contribution in [-0.4, -0.2) is 11.2 Å². The molecular formula is C12H15ClN2S. The maximum Gasteiger partial charge on any atom is 0.167 e. The Morgan fingerprint density at radius 2 is 2.12 bits per heavy atom. The fraction of sp³-hybridized carbons (Fsp3) is 0.250. The van der Waals surface area contributed by atoms with Crippen LogP contribution >= 0.6 is 23.8 Å². The van der Waals surface area contributed by atoms with Gasteiger partial charge in [-0.15, -0.1) is 6.58 Å². The van der Waals surface area contributed by atoms with Crippen LogP contribution in [0.2, 0.25) is 5.02 Å². The number of rotatable bonds is 4. The van der Waals surface area contributed by atoms with Crippen molar-refractivity contribution in [3.8, 4) is 0 Å². The van der Waals surface area contributed by atoms with Crippen LogP contribution in [0.25, 0.3) is 0 Å². The summed E-state index contributed by atoms with van der Waals surface area (Å²) in [6, 6.07) is 7.83. The van der Waals surface area contributed by atoms with Gasteiger partial charge in [-0.05, 0) is 36.8 Å². The van der Waals surface area contributed by atoms with Crippen molar-refractivity contribution in [1.29, 1.82) is 0 Å². The van der Waals surface area contributed by atoms with E-state index in [9.17, 15) is 0 Å². The molecule has 86 valence electrons. The van der Waals surface area contributed by atoms with Gasteiger partial charge in [-0.2, -0.15) is 0 Å². The number of nitrogens with one attached hydrogen (secondary N) is 2. The summed E-state index contributed by atoms with van der Waals surface area (Å²) in [6.07, 6.45) is 1.80. The fourth-order valence-corrected chi connectivity index (χ4v) is 1.49. The minimum atomic E-state index is 0.171. The molecule has 0 fully saturated rings. The molecule has 0 aliphatic rings. The molecule has 1 rings (SSSR count). The van der Waals surface area contributed by atoms with Crippen LogP contribution in [0.3, 0.4) is 0 Å². The Morgan fingerprint density at radius 1 is 1.50 bits per heavy atom. The second kappa shape index (κ2) is 6.51. The summed E-state index contributed by atoms with van der Waals surface area (Å²) in [5.41, 5.74) is 1.14. The molecule has 0 aliphatic heterocycles. The Labute approximate surface area is 107 Å². The van der Waals surface area contributed by atoms with E-state index in [1.807, 2.05) is 31.2 Å². The van der Waals surface area contributed by atoms with Crippen molar-refractivity contribution in [3.63, 3.8) is 0 Å². The number of thiocarbonyl (C=S) groups is 1. The maximum absolute atomic E-state index is 5.79. The third-order valence-corrected chi connectivity index (χ3v) is 2.59. The Balaban J connectivity index is 2.37. The molecule has 0 aromatic heterocycles. The Kier molecular flexibility index (Phi) is 5.29. The van der Waals surface area contributed by atoms with Gasteiger partial charge in [0.15, 0.2) is 5.11 Å². The molecule has 0 radical (unpaired) electrons. The van der Waals surface area contributed by atoms with Crippen LogP contribution in [-0.2, 0) is 6.54 Å². The monoisotopic (exact) mass is 254 g/mol. The van der Waals surface area contributed by atoms with E-state index in [1.165, 1.54) is 0 Å². The molecule has 2 nitrogen and oxygen atoms in total. The lowest BCUT2D eigenvalue weighted by Crippen LogP contribution is -2.39. The summed E-state index contributed by atoms with van der Waals surface area (Å²) in [4.78, 5) is 0. The number of hydrogen-bond acceptors (Lipinski definition) is 1. The first kappa shape index (κ1) is 13.0. The highest BCUT2D eigenvalue weighted by Gasteiger charge is 1.99. The zero-order valence-corrected chi connectivity index (χ0v) is 10.7. The van der Waals surface area contributed by atoms with E-state index >= 15 is 0 Å². The molecule has 1 atom stereocenters. The first-order valence-electron chi connectivity index (χ1n) is 5.03. The van der Waals surface area contributed by atoms with Crippen molar-refractivity contribution in [3.05, 3.63) is 47.5 Å². The molecule has 0 amide bonds. The molecule has 1 aromatic rings. The predicted octanol–water partition coefficient (Wildman–Crippen LogP) is 2.88. The smallest absolute Gasteiger partial charge is 0.167 e. The van der Waals surface area contributed by atoms with Gasteiger partial charge in [0, 0.05) is 17.6 Å². The van der Waals surface area contributed by atoms with E-state index in [2.05, 4.69) is 17.2 Å². The predicted molar refractivity (Wildman–Crippen MR) is 73.7 cm³/mol. The lowest BCUT2D eigenvalue weighted by atomic mass is 10.2. The molecule has 4 heteroatoms. The van der Waals surface area contributed by atoms with Gasteiger partial charge in [-0.1, -0.05) is 29.8 Å². The van der Waals surface area contributed by atoms with Crippen LogP contribution in [0.5, 0.6) is 0 Å². The number of benzene rings is 1. The lowest BCUT2D eigenvalue weighted by Gasteiger charge is -2.13. The molecule has 1 aromatic carbocycles. The topological polar surface area (TPSA) is 24.1 Å². The lowest BCUT2D eigenvalue weighted by molar-refractivity contribution is 0.770. The molecule has 1 unspecified atom stereocenters. The van der Waals surface area contributed by atoms with Gasteiger partial charge in [0.2, 0.25) is 0 Å². The van der Waals surface area contributed by atoms with Crippen molar-refractivity contribution in [2.75, 3.05) is 0 Å². The highest BCUT2D eigenvalue weighted by molar-refractivity contribution is 7.80. The summed E-state index contributed by atoms with van der Waals surface area (Å²) in [6.45, 7) is 6.35. The number of hydrogen-bond donors (Lipinski definition) is 2. The van der Waals surface area contributed by atoms with E-state index < -0.39 is 0 Å². The Morgan fingerprint density at radius 3 is 2.69 bits per heavy atom. The van der Waals surface area contributed by atoms with E-state index in [1.54, 1.807) is 6.08 Å².